The second kappa shape index (κ2) is 9.63. The van der Waals surface area contributed by atoms with Gasteiger partial charge in [0.2, 0.25) is 11.8 Å². The van der Waals surface area contributed by atoms with E-state index in [9.17, 15) is 9.59 Å². The van der Waals surface area contributed by atoms with E-state index in [2.05, 4.69) is 41.5 Å². The summed E-state index contributed by atoms with van der Waals surface area (Å²) in [7, 11) is 0. The molecule has 0 bridgehead atoms. The van der Waals surface area contributed by atoms with Gasteiger partial charge in [-0.25, -0.2) is 0 Å². The van der Waals surface area contributed by atoms with Gasteiger partial charge in [-0.3, -0.25) is 14.6 Å². The largest absolute Gasteiger partial charge is 0.356 e. The molecular formula is C26H35N3O2. The maximum Gasteiger partial charge on any atom is 0.228 e. The highest BCUT2D eigenvalue weighted by molar-refractivity contribution is 5.86. The van der Waals surface area contributed by atoms with Crippen molar-refractivity contribution >= 4 is 11.8 Å². The molecule has 1 N–H and O–H groups in total. The second-order valence-electron chi connectivity index (χ2n) is 9.73. The first-order valence-electron chi connectivity index (χ1n) is 11.3. The number of pyridine rings is 1. The molecule has 166 valence electrons. The molecule has 0 radical (unpaired) electrons. The van der Waals surface area contributed by atoms with Crippen LogP contribution in [0.25, 0.3) is 11.1 Å². The van der Waals surface area contributed by atoms with Crippen LogP contribution in [0.4, 0.5) is 0 Å². The molecule has 1 aromatic heterocycles. The first-order valence-corrected chi connectivity index (χ1v) is 11.3. The Kier molecular flexibility index (Phi) is 7.14. The van der Waals surface area contributed by atoms with Crippen molar-refractivity contribution in [2.45, 2.75) is 53.4 Å². The zero-order valence-electron chi connectivity index (χ0n) is 19.3. The van der Waals surface area contributed by atoms with E-state index in [1.165, 1.54) is 0 Å². The smallest absolute Gasteiger partial charge is 0.228 e. The Morgan fingerprint density at radius 2 is 1.71 bits per heavy atom. The lowest BCUT2D eigenvalue weighted by atomic mass is 9.73. The molecule has 3 rings (SSSR count). The minimum atomic E-state index is -0.591. The zero-order chi connectivity index (χ0) is 22.5. The summed E-state index contributed by atoms with van der Waals surface area (Å²) in [5, 5.41) is 3.11. The van der Waals surface area contributed by atoms with Crippen molar-refractivity contribution in [3.63, 3.8) is 0 Å². The van der Waals surface area contributed by atoms with Crippen LogP contribution in [0.2, 0.25) is 0 Å². The number of carbonyl (C=O) groups is 2. The Morgan fingerprint density at radius 3 is 2.32 bits per heavy atom. The van der Waals surface area contributed by atoms with E-state index in [1.54, 1.807) is 12.4 Å². The molecule has 31 heavy (non-hydrogen) atoms. The quantitative estimate of drug-likeness (QED) is 0.748. The summed E-state index contributed by atoms with van der Waals surface area (Å²) < 4.78 is 0. The van der Waals surface area contributed by atoms with Crippen molar-refractivity contribution in [3.8, 4) is 11.1 Å². The van der Waals surface area contributed by atoms with Gasteiger partial charge >= 0.3 is 0 Å². The number of carbonyl (C=O) groups excluding carboxylic acids is 2. The first kappa shape index (κ1) is 23.0. The Balaban J connectivity index is 1.85. The molecule has 1 atom stereocenters. The number of benzene rings is 1. The van der Waals surface area contributed by atoms with E-state index in [0.29, 0.717) is 19.5 Å². The lowest BCUT2D eigenvalue weighted by Crippen LogP contribution is -2.56. The van der Waals surface area contributed by atoms with E-state index >= 15 is 0 Å². The average molecular weight is 422 g/mol. The third-order valence-corrected chi connectivity index (χ3v) is 6.03. The Labute approximate surface area is 186 Å². The number of aromatic nitrogens is 1. The molecule has 2 heterocycles. The summed E-state index contributed by atoms with van der Waals surface area (Å²) in [5.41, 5.74) is 2.33. The molecule has 0 aliphatic carbocycles. The van der Waals surface area contributed by atoms with Gasteiger partial charge in [0.05, 0.1) is 5.41 Å². The molecule has 0 saturated carbocycles. The van der Waals surface area contributed by atoms with Crippen molar-refractivity contribution < 1.29 is 9.59 Å². The van der Waals surface area contributed by atoms with Gasteiger partial charge in [-0.15, -0.1) is 0 Å². The normalized spacial score (nSPS) is 19.2. The van der Waals surface area contributed by atoms with Crippen LogP contribution in [0, 0.1) is 10.8 Å². The van der Waals surface area contributed by atoms with Crippen LogP contribution in [0.15, 0.2) is 48.8 Å². The summed E-state index contributed by atoms with van der Waals surface area (Å²) in [5.74, 6) is 0.187. The molecule has 1 aromatic carbocycles. The summed E-state index contributed by atoms with van der Waals surface area (Å²) >= 11 is 0. The number of hydrogen-bond acceptors (Lipinski definition) is 3. The number of nitrogens with zero attached hydrogens (tertiary/aromatic N) is 2. The molecular weight excluding hydrogens is 386 g/mol. The van der Waals surface area contributed by atoms with Crippen molar-refractivity contribution in [1.82, 2.24) is 15.2 Å². The Hall–Kier alpha value is -2.69. The molecule has 0 unspecified atom stereocenters. The highest BCUT2D eigenvalue weighted by atomic mass is 16.2. The van der Waals surface area contributed by atoms with Crippen LogP contribution < -0.4 is 5.32 Å². The van der Waals surface area contributed by atoms with Crippen LogP contribution in [0.1, 0.15) is 52.5 Å². The monoisotopic (exact) mass is 421 g/mol. The average Bonchev–Trinajstić information content (AvgIpc) is 2.77. The van der Waals surface area contributed by atoms with Gasteiger partial charge in [0.25, 0.3) is 0 Å². The van der Waals surface area contributed by atoms with E-state index in [1.807, 2.05) is 37.8 Å². The van der Waals surface area contributed by atoms with Crippen molar-refractivity contribution in [1.29, 1.82) is 0 Å². The molecule has 1 aliphatic heterocycles. The molecule has 1 aliphatic rings. The van der Waals surface area contributed by atoms with Crippen molar-refractivity contribution in [2.75, 3.05) is 19.6 Å². The minimum absolute atomic E-state index is 0.0685. The van der Waals surface area contributed by atoms with Crippen LogP contribution in [0.3, 0.4) is 0 Å². The van der Waals surface area contributed by atoms with Gasteiger partial charge in [-0.1, -0.05) is 52.0 Å². The Bertz CT molecular complexity index is 887. The molecule has 0 spiro atoms. The van der Waals surface area contributed by atoms with Gasteiger partial charge in [0.15, 0.2) is 0 Å². The fraction of sp³-hybridized carbons (Fsp3) is 0.500. The summed E-state index contributed by atoms with van der Waals surface area (Å²) in [4.78, 5) is 32.3. The second-order valence-corrected chi connectivity index (χ2v) is 9.73. The summed E-state index contributed by atoms with van der Waals surface area (Å²) in [6.07, 6.45) is 6.75. The number of hydrogen-bond donors (Lipinski definition) is 1. The van der Waals surface area contributed by atoms with Crippen molar-refractivity contribution in [2.24, 2.45) is 10.8 Å². The van der Waals surface area contributed by atoms with Gasteiger partial charge in [0, 0.05) is 37.4 Å². The highest BCUT2D eigenvalue weighted by Crippen LogP contribution is 2.36. The predicted octanol–water partition coefficient (Wildman–Crippen LogP) is 4.47. The number of piperidine rings is 1. The third kappa shape index (κ3) is 5.52. The summed E-state index contributed by atoms with van der Waals surface area (Å²) in [6, 6.07) is 12.4. The third-order valence-electron chi connectivity index (χ3n) is 6.03. The van der Waals surface area contributed by atoms with Crippen molar-refractivity contribution in [3.05, 3.63) is 54.4 Å². The minimum Gasteiger partial charge on any atom is -0.356 e. The topological polar surface area (TPSA) is 62.3 Å². The van der Waals surface area contributed by atoms with Gasteiger partial charge < -0.3 is 10.2 Å². The number of rotatable bonds is 6. The number of amides is 2. The van der Waals surface area contributed by atoms with E-state index in [0.717, 1.165) is 42.5 Å². The molecule has 1 fully saturated rings. The van der Waals surface area contributed by atoms with Crippen LogP contribution in [-0.4, -0.2) is 41.3 Å². The molecule has 1 saturated heterocycles. The molecule has 5 nitrogen and oxygen atoms in total. The Morgan fingerprint density at radius 1 is 1.06 bits per heavy atom. The summed E-state index contributed by atoms with van der Waals surface area (Å²) in [6.45, 7) is 9.75. The highest BCUT2D eigenvalue weighted by Gasteiger charge is 2.44. The van der Waals surface area contributed by atoms with Gasteiger partial charge in [-0.2, -0.15) is 0 Å². The zero-order valence-corrected chi connectivity index (χ0v) is 19.3. The maximum atomic E-state index is 13.3. The van der Waals surface area contributed by atoms with Gasteiger partial charge in [-0.05, 0) is 54.5 Å². The van der Waals surface area contributed by atoms with Crippen LogP contribution in [-0.2, 0) is 16.0 Å². The fourth-order valence-corrected chi connectivity index (χ4v) is 4.37. The lowest BCUT2D eigenvalue weighted by molar-refractivity contribution is -0.147. The molecule has 5 heteroatoms. The number of nitrogens with one attached hydrogen (secondary N) is 1. The number of likely N-dealkylation sites (tertiary alicyclic amines) is 1. The van der Waals surface area contributed by atoms with E-state index in [-0.39, 0.29) is 11.8 Å². The predicted molar refractivity (Wildman–Crippen MR) is 124 cm³/mol. The lowest BCUT2D eigenvalue weighted by Gasteiger charge is -2.43. The van der Waals surface area contributed by atoms with Gasteiger partial charge in [0.1, 0.15) is 0 Å². The maximum absolute atomic E-state index is 13.3. The fourth-order valence-electron chi connectivity index (χ4n) is 4.37. The molecule has 2 amide bonds. The SMILES string of the molecule is CCCNC(=O)[C@]1(Cc2ccc(-c3ccncc3)cc2)CCCN(C(=O)C(C)(C)C)C1. The molecule has 2 aromatic rings. The van der Waals surface area contributed by atoms with E-state index in [4.69, 9.17) is 0 Å². The standard InChI is InChI=1S/C26H35N3O2/c1-5-14-28-23(30)26(13-6-17-29(19-26)24(31)25(2,3)4)18-20-7-9-21(10-8-20)22-11-15-27-16-12-22/h7-12,15-16H,5-6,13-14,17-19H2,1-4H3,(H,28,30)/t26-/m0/s1. The van der Waals surface area contributed by atoms with E-state index < -0.39 is 10.8 Å². The first-order chi connectivity index (χ1) is 14.7. The van der Waals surface area contributed by atoms with Crippen LogP contribution in [0.5, 0.6) is 0 Å². The van der Waals surface area contributed by atoms with Crippen LogP contribution >= 0.6 is 0 Å².